The molecule has 0 unspecified atom stereocenters. The van der Waals surface area contributed by atoms with Crippen LogP contribution >= 0.6 is 11.3 Å². The highest BCUT2D eigenvalue weighted by molar-refractivity contribution is 7.11. The third-order valence-corrected chi connectivity index (χ3v) is 3.01. The van der Waals surface area contributed by atoms with Crippen molar-refractivity contribution in [3.63, 3.8) is 0 Å². The molecule has 1 aromatic heterocycles. The predicted molar refractivity (Wildman–Crippen MR) is 57.6 cm³/mol. The molecule has 0 aliphatic rings. The van der Waals surface area contributed by atoms with Gasteiger partial charge in [-0.15, -0.1) is 11.3 Å². The lowest BCUT2D eigenvalue weighted by Gasteiger charge is -1.91. The van der Waals surface area contributed by atoms with Crippen LogP contribution < -0.4 is 0 Å². The van der Waals surface area contributed by atoms with Crippen LogP contribution in [0.15, 0.2) is 23.6 Å². The summed E-state index contributed by atoms with van der Waals surface area (Å²) in [6.07, 6.45) is 4.19. The van der Waals surface area contributed by atoms with Crippen LogP contribution in [0.25, 0.3) is 6.08 Å². The van der Waals surface area contributed by atoms with Crippen molar-refractivity contribution < 1.29 is 0 Å². The van der Waals surface area contributed by atoms with E-state index in [2.05, 4.69) is 38.0 Å². The summed E-state index contributed by atoms with van der Waals surface area (Å²) in [6, 6.07) is 0. The Kier molecular flexibility index (Phi) is 2.88. The number of thiophene rings is 1. The summed E-state index contributed by atoms with van der Waals surface area (Å²) in [6.45, 7) is 10.1. The Morgan fingerprint density at radius 2 is 2.17 bits per heavy atom. The molecule has 1 rings (SSSR count). The highest BCUT2D eigenvalue weighted by Gasteiger charge is 1.98. The summed E-state index contributed by atoms with van der Waals surface area (Å²) >= 11 is 1.79. The second-order valence-electron chi connectivity index (χ2n) is 3.09. The van der Waals surface area contributed by atoms with Crippen molar-refractivity contribution in [2.75, 3.05) is 0 Å². The Bertz CT molecular complexity index is 316. The smallest absolute Gasteiger partial charge is 0.0302 e. The number of hydrogen-bond acceptors (Lipinski definition) is 1. The van der Waals surface area contributed by atoms with E-state index in [0.717, 1.165) is 5.57 Å². The molecule has 0 spiro atoms. The minimum Gasteiger partial charge on any atom is -0.144 e. The summed E-state index contributed by atoms with van der Waals surface area (Å²) < 4.78 is 0. The maximum atomic E-state index is 3.82. The summed E-state index contributed by atoms with van der Waals surface area (Å²) in [5.41, 5.74) is 3.86. The lowest BCUT2D eigenvalue weighted by Crippen LogP contribution is -1.73. The molecule has 0 radical (unpaired) electrons. The molecular weight excluding hydrogens is 164 g/mol. The largest absolute Gasteiger partial charge is 0.144 e. The molecule has 64 valence electrons. The van der Waals surface area contributed by atoms with Gasteiger partial charge in [0.2, 0.25) is 0 Å². The second-order valence-corrected chi connectivity index (χ2v) is 4.00. The zero-order chi connectivity index (χ0) is 9.14. The molecule has 0 saturated carbocycles. The second kappa shape index (κ2) is 3.72. The minimum absolute atomic E-state index is 1.10. The van der Waals surface area contributed by atoms with Crippen LogP contribution in [0.2, 0.25) is 0 Å². The summed E-state index contributed by atoms with van der Waals surface area (Å²) in [5.74, 6) is 0. The van der Waals surface area contributed by atoms with Gasteiger partial charge in [0.15, 0.2) is 0 Å². The van der Waals surface area contributed by atoms with Gasteiger partial charge in [-0.25, -0.2) is 0 Å². The van der Waals surface area contributed by atoms with E-state index in [1.54, 1.807) is 11.3 Å². The maximum absolute atomic E-state index is 3.82. The fourth-order valence-corrected chi connectivity index (χ4v) is 1.87. The van der Waals surface area contributed by atoms with Gasteiger partial charge >= 0.3 is 0 Å². The molecule has 0 fully saturated rings. The van der Waals surface area contributed by atoms with E-state index in [-0.39, 0.29) is 0 Å². The first-order valence-electron chi connectivity index (χ1n) is 3.99. The van der Waals surface area contributed by atoms with Crippen molar-refractivity contribution in [3.05, 3.63) is 39.6 Å². The van der Waals surface area contributed by atoms with Crippen molar-refractivity contribution in [2.45, 2.75) is 20.8 Å². The van der Waals surface area contributed by atoms with Gasteiger partial charge in [0.1, 0.15) is 0 Å². The average Bonchev–Trinajstić information content (AvgIpc) is 2.30. The molecule has 0 aliphatic heterocycles. The minimum atomic E-state index is 1.10. The fourth-order valence-electron chi connectivity index (χ4n) is 0.905. The Hall–Kier alpha value is -0.820. The Morgan fingerprint density at radius 1 is 1.50 bits per heavy atom. The first-order chi connectivity index (χ1) is 5.61. The number of rotatable bonds is 2. The normalized spacial score (nSPS) is 10.9. The number of hydrogen-bond donors (Lipinski definition) is 0. The van der Waals surface area contributed by atoms with Crippen molar-refractivity contribution in [2.24, 2.45) is 0 Å². The topological polar surface area (TPSA) is 0 Å². The Labute approximate surface area is 78.2 Å². The molecule has 1 heterocycles. The highest BCUT2D eigenvalue weighted by Crippen LogP contribution is 2.22. The van der Waals surface area contributed by atoms with Gasteiger partial charge in [0.05, 0.1) is 0 Å². The molecule has 0 aromatic carbocycles. The van der Waals surface area contributed by atoms with Gasteiger partial charge < -0.3 is 0 Å². The molecule has 0 bridgehead atoms. The van der Waals surface area contributed by atoms with Crippen LogP contribution in [0.4, 0.5) is 0 Å². The quantitative estimate of drug-likeness (QED) is 0.601. The molecular formula is C11H14S. The third kappa shape index (κ3) is 2.08. The first kappa shape index (κ1) is 9.27. The van der Waals surface area contributed by atoms with Gasteiger partial charge in [0.25, 0.3) is 0 Å². The maximum Gasteiger partial charge on any atom is 0.0302 e. The zero-order valence-corrected chi connectivity index (χ0v) is 8.66. The van der Waals surface area contributed by atoms with Crippen molar-refractivity contribution >= 4 is 17.4 Å². The average molecular weight is 178 g/mol. The van der Waals surface area contributed by atoms with E-state index < -0.39 is 0 Å². The van der Waals surface area contributed by atoms with Gasteiger partial charge in [-0.2, -0.15) is 0 Å². The Morgan fingerprint density at radius 3 is 2.58 bits per heavy atom. The van der Waals surface area contributed by atoms with Gasteiger partial charge in [-0.05, 0) is 43.4 Å². The van der Waals surface area contributed by atoms with Crippen LogP contribution in [0, 0.1) is 13.8 Å². The zero-order valence-electron chi connectivity index (χ0n) is 7.85. The molecule has 0 saturated heterocycles. The molecule has 1 heteroatoms. The van der Waals surface area contributed by atoms with Crippen molar-refractivity contribution in [1.29, 1.82) is 0 Å². The fraction of sp³-hybridized carbons (Fsp3) is 0.273. The van der Waals surface area contributed by atoms with Crippen LogP contribution in [-0.4, -0.2) is 0 Å². The van der Waals surface area contributed by atoms with E-state index in [0.29, 0.717) is 0 Å². The summed E-state index contributed by atoms with van der Waals surface area (Å²) in [7, 11) is 0. The molecule has 1 aromatic rings. The van der Waals surface area contributed by atoms with E-state index >= 15 is 0 Å². The molecule has 0 N–H and O–H groups in total. The molecule has 0 aliphatic carbocycles. The van der Waals surface area contributed by atoms with Crippen molar-refractivity contribution in [1.82, 2.24) is 0 Å². The predicted octanol–water partition coefficient (Wildman–Crippen LogP) is 3.95. The lowest BCUT2D eigenvalue weighted by molar-refractivity contribution is 1.39. The monoisotopic (exact) mass is 178 g/mol. The molecule has 0 atom stereocenters. The highest BCUT2D eigenvalue weighted by atomic mass is 32.1. The Balaban J connectivity index is 2.90. The van der Waals surface area contributed by atoms with Crippen LogP contribution in [0.5, 0.6) is 0 Å². The van der Waals surface area contributed by atoms with E-state index in [1.165, 1.54) is 16.0 Å². The third-order valence-electron chi connectivity index (χ3n) is 1.84. The SMILES string of the molecule is C=C(C)/C=C\c1scc(C)c1C. The van der Waals surface area contributed by atoms with E-state index in [1.807, 2.05) is 6.92 Å². The first-order valence-corrected chi connectivity index (χ1v) is 4.87. The van der Waals surface area contributed by atoms with Gasteiger partial charge in [-0.1, -0.05) is 18.2 Å². The van der Waals surface area contributed by atoms with E-state index in [4.69, 9.17) is 0 Å². The van der Waals surface area contributed by atoms with Crippen LogP contribution in [-0.2, 0) is 0 Å². The van der Waals surface area contributed by atoms with Crippen molar-refractivity contribution in [3.8, 4) is 0 Å². The van der Waals surface area contributed by atoms with Gasteiger partial charge in [-0.3, -0.25) is 0 Å². The number of aryl methyl sites for hydroxylation is 1. The number of allylic oxidation sites excluding steroid dienone is 2. The van der Waals surface area contributed by atoms with Crippen LogP contribution in [0.3, 0.4) is 0 Å². The van der Waals surface area contributed by atoms with E-state index in [9.17, 15) is 0 Å². The molecule has 12 heavy (non-hydrogen) atoms. The summed E-state index contributed by atoms with van der Waals surface area (Å²) in [4.78, 5) is 1.34. The van der Waals surface area contributed by atoms with Crippen LogP contribution in [0.1, 0.15) is 22.9 Å². The molecule has 0 nitrogen and oxygen atoms in total. The summed E-state index contributed by atoms with van der Waals surface area (Å²) in [5, 5.41) is 2.19. The molecule has 0 amide bonds. The lowest BCUT2D eigenvalue weighted by atomic mass is 10.2. The van der Waals surface area contributed by atoms with Gasteiger partial charge in [0, 0.05) is 4.88 Å². The standard InChI is InChI=1S/C11H14S/c1-8(2)5-6-11-10(4)9(3)7-12-11/h5-7H,1H2,2-4H3/b6-5-.